The Hall–Kier alpha value is -1.81. The molecule has 0 saturated carbocycles. The number of rotatable bonds is 4. The first-order chi connectivity index (χ1) is 10.0. The molecule has 2 rings (SSSR count). The fraction of sp³-hybridized carbons (Fsp3) is 0.375. The maximum atomic E-state index is 12.4. The second kappa shape index (κ2) is 6.76. The quantitative estimate of drug-likeness (QED) is 0.840. The zero-order valence-corrected chi connectivity index (χ0v) is 12.5. The molecule has 21 heavy (non-hydrogen) atoms. The van der Waals surface area contributed by atoms with Gasteiger partial charge in [-0.1, -0.05) is 42.0 Å². The minimum atomic E-state index is -0.926. The number of aliphatic carboxylic acids is 1. The number of halogens is 1. The summed E-state index contributed by atoms with van der Waals surface area (Å²) < 4.78 is 0. The summed E-state index contributed by atoms with van der Waals surface area (Å²) in [5, 5.41) is 12.7. The molecule has 5 heteroatoms. The summed E-state index contributed by atoms with van der Waals surface area (Å²) in [6, 6.07) is 7.04. The lowest BCUT2D eigenvalue weighted by molar-refractivity contribution is -0.147. The number of carboxylic acid groups (broad SMARTS) is 1. The van der Waals surface area contributed by atoms with Crippen molar-refractivity contribution < 1.29 is 14.7 Å². The lowest BCUT2D eigenvalue weighted by Gasteiger charge is -2.26. The van der Waals surface area contributed by atoms with Crippen molar-refractivity contribution in [3.8, 4) is 0 Å². The molecule has 4 nitrogen and oxygen atoms in total. The van der Waals surface area contributed by atoms with E-state index in [0.717, 1.165) is 5.56 Å². The van der Waals surface area contributed by atoms with Gasteiger partial charge < -0.3 is 10.4 Å². The number of carbonyl (C=O) groups excluding carboxylic acids is 1. The van der Waals surface area contributed by atoms with Crippen LogP contribution in [0.4, 0.5) is 0 Å². The zero-order chi connectivity index (χ0) is 15.4. The van der Waals surface area contributed by atoms with Crippen LogP contribution in [0.3, 0.4) is 0 Å². The van der Waals surface area contributed by atoms with Gasteiger partial charge in [0.2, 0.25) is 5.91 Å². The average Bonchev–Trinajstić information content (AvgIpc) is 2.47. The van der Waals surface area contributed by atoms with Gasteiger partial charge in [-0.2, -0.15) is 0 Å². The molecule has 0 aliphatic heterocycles. The summed E-state index contributed by atoms with van der Waals surface area (Å²) in [4.78, 5) is 23.6. The molecule has 0 spiro atoms. The molecule has 3 atom stereocenters. The molecule has 0 aromatic heterocycles. The number of nitrogens with one attached hydrogen (secondary N) is 1. The third-order valence-electron chi connectivity index (χ3n) is 3.82. The number of allylic oxidation sites excluding steroid dienone is 2. The number of benzene rings is 1. The summed E-state index contributed by atoms with van der Waals surface area (Å²) in [6.45, 7) is 1.84. The van der Waals surface area contributed by atoms with E-state index in [2.05, 4.69) is 5.32 Å². The van der Waals surface area contributed by atoms with E-state index in [-0.39, 0.29) is 11.9 Å². The first kappa shape index (κ1) is 15.6. The lowest BCUT2D eigenvalue weighted by Crippen LogP contribution is -2.39. The highest BCUT2D eigenvalue weighted by Crippen LogP contribution is 2.28. The molecule has 1 aliphatic carbocycles. The highest BCUT2D eigenvalue weighted by Gasteiger charge is 2.34. The van der Waals surface area contributed by atoms with E-state index in [9.17, 15) is 14.7 Å². The number of hydrogen-bond donors (Lipinski definition) is 2. The van der Waals surface area contributed by atoms with Crippen molar-refractivity contribution in [1.82, 2.24) is 5.32 Å². The molecule has 0 unspecified atom stereocenters. The predicted molar refractivity (Wildman–Crippen MR) is 81.0 cm³/mol. The highest BCUT2D eigenvalue weighted by atomic mass is 35.5. The smallest absolute Gasteiger partial charge is 0.307 e. The van der Waals surface area contributed by atoms with Gasteiger partial charge in [0, 0.05) is 5.02 Å². The van der Waals surface area contributed by atoms with Crippen molar-refractivity contribution >= 4 is 23.5 Å². The highest BCUT2D eigenvalue weighted by molar-refractivity contribution is 6.31. The molecule has 0 fully saturated rings. The Morgan fingerprint density at radius 1 is 1.24 bits per heavy atom. The third kappa shape index (κ3) is 3.64. The van der Waals surface area contributed by atoms with Gasteiger partial charge in [-0.3, -0.25) is 9.59 Å². The molecule has 1 aromatic carbocycles. The Labute approximate surface area is 128 Å². The number of carbonyl (C=O) groups is 2. The van der Waals surface area contributed by atoms with Gasteiger partial charge in [0.05, 0.1) is 17.9 Å². The van der Waals surface area contributed by atoms with E-state index < -0.39 is 17.8 Å². The van der Waals surface area contributed by atoms with Gasteiger partial charge in [0.25, 0.3) is 0 Å². The molecule has 112 valence electrons. The molecule has 1 aromatic rings. The fourth-order valence-electron chi connectivity index (χ4n) is 2.60. The van der Waals surface area contributed by atoms with Crippen LogP contribution in [0.2, 0.25) is 5.02 Å². The predicted octanol–water partition coefficient (Wildman–Crippen LogP) is 3.18. The van der Waals surface area contributed by atoms with Crippen LogP contribution in [0.15, 0.2) is 36.4 Å². The normalized spacial score (nSPS) is 22.6. The molecule has 0 heterocycles. The number of carboxylic acids is 1. The van der Waals surface area contributed by atoms with Crippen molar-refractivity contribution in [2.24, 2.45) is 11.8 Å². The Morgan fingerprint density at radius 2 is 1.86 bits per heavy atom. The van der Waals surface area contributed by atoms with Crippen LogP contribution in [0.1, 0.15) is 31.4 Å². The van der Waals surface area contributed by atoms with E-state index >= 15 is 0 Å². The van der Waals surface area contributed by atoms with Crippen molar-refractivity contribution in [3.63, 3.8) is 0 Å². The molecular weight excluding hydrogens is 290 g/mol. The van der Waals surface area contributed by atoms with Gasteiger partial charge in [-0.25, -0.2) is 0 Å². The van der Waals surface area contributed by atoms with Gasteiger partial charge in [-0.05, 0) is 31.4 Å². The van der Waals surface area contributed by atoms with Crippen LogP contribution in [0.5, 0.6) is 0 Å². The minimum Gasteiger partial charge on any atom is -0.481 e. The molecule has 0 bridgehead atoms. The van der Waals surface area contributed by atoms with Gasteiger partial charge in [0.15, 0.2) is 0 Å². The zero-order valence-electron chi connectivity index (χ0n) is 11.8. The molecular formula is C16H18ClNO3. The minimum absolute atomic E-state index is 0.237. The van der Waals surface area contributed by atoms with E-state index in [0.29, 0.717) is 17.9 Å². The molecule has 1 amide bonds. The first-order valence-electron chi connectivity index (χ1n) is 6.93. The van der Waals surface area contributed by atoms with E-state index in [1.54, 1.807) is 6.07 Å². The fourth-order valence-corrected chi connectivity index (χ4v) is 2.90. The Kier molecular flexibility index (Phi) is 5.02. The summed E-state index contributed by atoms with van der Waals surface area (Å²) >= 11 is 6.11. The van der Waals surface area contributed by atoms with E-state index in [1.165, 1.54) is 0 Å². The largest absolute Gasteiger partial charge is 0.481 e. The van der Waals surface area contributed by atoms with Gasteiger partial charge in [-0.15, -0.1) is 0 Å². The Bertz CT molecular complexity index is 570. The van der Waals surface area contributed by atoms with Gasteiger partial charge >= 0.3 is 5.97 Å². The number of amides is 1. The molecule has 2 N–H and O–H groups in total. The van der Waals surface area contributed by atoms with Crippen molar-refractivity contribution in [3.05, 3.63) is 47.0 Å². The Morgan fingerprint density at radius 3 is 2.48 bits per heavy atom. The van der Waals surface area contributed by atoms with Crippen LogP contribution < -0.4 is 5.32 Å². The topological polar surface area (TPSA) is 66.4 Å². The van der Waals surface area contributed by atoms with Crippen LogP contribution in [-0.2, 0) is 9.59 Å². The van der Waals surface area contributed by atoms with Crippen molar-refractivity contribution in [2.45, 2.75) is 25.8 Å². The second-order valence-electron chi connectivity index (χ2n) is 5.25. The SMILES string of the molecule is C[C@H](NC(=O)[C@@H]1CC=CC[C@H]1C(=O)O)c1ccccc1Cl. The lowest BCUT2D eigenvalue weighted by atomic mass is 9.82. The van der Waals surface area contributed by atoms with Crippen LogP contribution in [-0.4, -0.2) is 17.0 Å². The Balaban J connectivity index is 2.08. The van der Waals surface area contributed by atoms with Crippen molar-refractivity contribution in [2.75, 3.05) is 0 Å². The average molecular weight is 308 g/mol. The summed E-state index contributed by atoms with van der Waals surface area (Å²) in [6.07, 6.45) is 4.54. The summed E-state index contributed by atoms with van der Waals surface area (Å²) in [5.74, 6) is -2.35. The van der Waals surface area contributed by atoms with E-state index in [1.807, 2.05) is 37.3 Å². The first-order valence-corrected chi connectivity index (χ1v) is 7.31. The number of hydrogen-bond acceptors (Lipinski definition) is 2. The van der Waals surface area contributed by atoms with Crippen molar-refractivity contribution in [1.29, 1.82) is 0 Å². The summed E-state index contributed by atoms with van der Waals surface area (Å²) in [5.41, 5.74) is 0.825. The second-order valence-corrected chi connectivity index (χ2v) is 5.65. The monoisotopic (exact) mass is 307 g/mol. The van der Waals surface area contributed by atoms with Crippen LogP contribution >= 0.6 is 11.6 Å². The molecule has 1 aliphatic rings. The third-order valence-corrected chi connectivity index (χ3v) is 4.16. The molecule has 0 radical (unpaired) electrons. The standard InChI is InChI=1S/C16H18ClNO3/c1-10(11-6-4-5-9-14(11)17)18-15(19)12-7-2-3-8-13(12)16(20)21/h2-6,9-10,12-13H,7-8H2,1H3,(H,18,19)(H,20,21)/t10-,12+,13+/m0/s1. The van der Waals surface area contributed by atoms with Crippen LogP contribution in [0.25, 0.3) is 0 Å². The maximum Gasteiger partial charge on any atom is 0.307 e. The maximum absolute atomic E-state index is 12.4. The van der Waals surface area contributed by atoms with E-state index in [4.69, 9.17) is 11.6 Å². The molecule has 0 saturated heterocycles. The summed E-state index contributed by atoms with van der Waals surface area (Å²) in [7, 11) is 0. The van der Waals surface area contributed by atoms with Crippen LogP contribution in [0, 0.1) is 11.8 Å². The van der Waals surface area contributed by atoms with Gasteiger partial charge in [0.1, 0.15) is 0 Å².